The number of ether oxygens (including phenoxy) is 1. The predicted octanol–water partition coefficient (Wildman–Crippen LogP) is 3.56. The first-order valence-corrected chi connectivity index (χ1v) is 9.51. The van der Waals surface area contributed by atoms with Crippen LogP contribution in [0.25, 0.3) is 11.3 Å². The highest BCUT2D eigenvalue weighted by atomic mass is 79.9. The normalized spacial score (nSPS) is 15.3. The molecule has 0 fully saturated rings. The molecule has 2 heterocycles. The molecular weight excluding hydrogens is 454 g/mol. The van der Waals surface area contributed by atoms with Crippen molar-refractivity contribution in [1.82, 2.24) is 9.78 Å². The molecule has 0 radical (unpaired) electrons. The van der Waals surface area contributed by atoms with Crippen molar-refractivity contribution in [2.75, 3.05) is 0 Å². The summed E-state index contributed by atoms with van der Waals surface area (Å²) in [5.74, 6) is -0.145. The lowest BCUT2D eigenvalue weighted by Gasteiger charge is -2.24. The lowest BCUT2D eigenvalue weighted by molar-refractivity contribution is -0.385. The number of hydrogen-bond acceptors (Lipinski definition) is 7. The van der Waals surface area contributed by atoms with Crippen molar-refractivity contribution in [1.29, 1.82) is 5.26 Å². The maximum atomic E-state index is 11.3. The summed E-state index contributed by atoms with van der Waals surface area (Å²) in [5, 5.41) is 35.4. The molecule has 0 saturated carbocycles. The van der Waals surface area contributed by atoms with E-state index in [1.54, 1.807) is 11.6 Å². The standard InChI is InChI=1S/C20H14BrN5O4/c1-10-17-18(11-2-7-16(27)15(8-11)26(28)29)14(9-22)19(23)30-20(17)25(24-10)13-5-3-12(21)4-6-13/h2-8,19,27H,23H2,1H3. The molecule has 0 bridgehead atoms. The molecule has 1 aliphatic rings. The van der Waals surface area contributed by atoms with E-state index in [9.17, 15) is 20.5 Å². The van der Waals surface area contributed by atoms with Gasteiger partial charge in [-0.2, -0.15) is 10.4 Å². The van der Waals surface area contributed by atoms with Crippen LogP contribution >= 0.6 is 15.9 Å². The van der Waals surface area contributed by atoms with Gasteiger partial charge in [-0.25, -0.2) is 4.68 Å². The number of aryl methyl sites for hydroxylation is 1. The van der Waals surface area contributed by atoms with E-state index < -0.39 is 22.6 Å². The Kier molecular flexibility index (Phi) is 4.77. The van der Waals surface area contributed by atoms with Crippen LogP contribution in [0.2, 0.25) is 0 Å². The Morgan fingerprint density at radius 1 is 1.33 bits per heavy atom. The van der Waals surface area contributed by atoms with Gasteiger partial charge in [0.15, 0.2) is 12.0 Å². The second-order valence-corrected chi connectivity index (χ2v) is 7.47. The third-order valence-corrected chi connectivity index (χ3v) is 5.24. The van der Waals surface area contributed by atoms with Crippen LogP contribution in [-0.2, 0) is 0 Å². The number of rotatable bonds is 3. The molecule has 1 aromatic heterocycles. The number of aromatic hydroxyl groups is 1. The number of phenolic OH excluding ortho intramolecular Hbond substituents is 1. The summed E-state index contributed by atoms with van der Waals surface area (Å²) >= 11 is 3.39. The van der Waals surface area contributed by atoms with E-state index in [1.165, 1.54) is 18.2 Å². The molecule has 0 aliphatic carbocycles. The summed E-state index contributed by atoms with van der Waals surface area (Å²) in [5.41, 5.74) is 8.26. The summed E-state index contributed by atoms with van der Waals surface area (Å²) in [4.78, 5) is 10.6. The zero-order valence-corrected chi connectivity index (χ0v) is 17.1. The fourth-order valence-corrected chi connectivity index (χ4v) is 3.63. The molecule has 30 heavy (non-hydrogen) atoms. The molecule has 0 saturated heterocycles. The van der Waals surface area contributed by atoms with E-state index in [0.29, 0.717) is 34.0 Å². The number of halogens is 1. The van der Waals surface area contributed by atoms with Crippen LogP contribution < -0.4 is 10.5 Å². The highest BCUT2D eigenvalue weighted by Gasteiger charge is 2.34. The molecule has 3 aromatic rings. The van der Waals surface area contributed by atoms with E-state index in [-0.39, 0.29) is 5.57 Å². The first-order chi connectivity index (χ1) is 14.3. The minimum Gasteiger partial charge on any atom is -0.502 e. The second kappa shape index (κ2) is 7.29. The molecule has 1 aliphatic heterocycles. The molecule has 150 valence electrons. The maximum absolute atomic E-state index is 11.3. The smallest absolute Gasteiger partial charge is 0.311 e. The van der Waals surface area contributed by atoms with Gasteiger partial charge in [0.2, 0.25) is 5.88 Å². The minimum absolute atomic E-state index is 0.112. The summed E-state index contributed by atoms with van der Waals surface area (Å²) in [6.07, 6.45) is -1.09. The number of aromatic nitrogens is 2. The number of hydrogen-bond donors (Lipinski definition) is 2. The molecule has 10 heteroatoms. The van der Waals surface area contributed by atoms with Crippen LogP contribution in [0, 0.1) is 28.4 Å². The molecule has 1 unspecified atom stereocenters. The number of nitrogens with two attached hydrogens (primary N) is 1. The zero-order valence-electron chi connectivity index (χ0n) is 15.5. The van der Waals surface area contributed by atoms with Crippen molar-refractivity contribution >= 4 is 27.2 Å². The molecule has 9 nitrogen and oxygen atoms in total. The van der Waals surface area contributed by atoms with Crippen LogP contribution in [0.4, 0.5) is 5.69 Å². The van der Waals surface area contributed by atoms with Gasteiger partial charge in [0.1, 0.15) is 6.07 Å². The number of fused-ring (bicyclic) bond motifs is 1. The molecule has 0 spiro atoms. The number of benzene rings is 2. The number of nitro benzene ring substituents is 1. The summed E-state index contributed by atoms with van der Waals surface area (Å²) in [6, 6.07) is 13.3. The maximum Gasteiger partial charge on any atom is 0.311 e. The van der Waals surface area contributed by atoms with Gasteiger partial charge in [0.25, 0.3) is 0 Å². The lowest BCUT2D eigenvalue weighted by atomic mass is 9.90. The van der Waals surface area contributed by atoms with Crippen LogP contribution in [-0.4, -0.2) is 26.0 Å². The number of nitro groups is 1. The Morgan fingerprint density at radius 2 is 2.03 bits per heavy atom. The van der Waals surface area contributed by atoms with Crippen molar-refractivity contribution in [3.63, 3.8) is 0 Å². The van der Waals surface area contributed by atoms with E-state index in [2.05, 4.69) is 21.0 Å². The van der Waals surface area contributed by atoms with Gasteiger partial charge < -0.3 is 9.84 Å². The fraction of sp³-hybridized carbons (Fsp3) is 0.100. The van der Waals surface area contributed by atoms with Crippen molar-refractivity contribution in [2.24, 2.45) is 5.73 Å². The molecule has 1 atom stereocenters. The average Bonchev–Trinajstić information content (AvgIpc) is 3.03. The lowest BCUT2D eigenvalue weighted by Crippen LogP contribution is -2.33. The van der Waals surface area contributed by atoms with E-state index in [0.717, 1.165) is 4.47 Å². The van der Waals surface area contributed by atoms with Crippen LogP contribution in [0.3, 0.4) is 0 Å². The SMILES string of the molecule is Cc1nn(-c2ccc(Br)cc2)c2c1C(c1ccc(O)c([N+](=O)[O-])c1)=C(C#N)C(N)O2. The highest BCUT2D eigenvalue weighted by molar-refractivity contribution is 9.10. The first kappa shape index (κ1) is 19.6. The third kappa shape index (κ3) is 3.10. The fourth-order valence-electron chi connectivity index (χ4n) is 3.36. The first-order valence-electron chi connectivity index (χ1n) is 8.72. The summed E-state index contributed by atoms with van der Waals surface area (Å²) in [6.45, 7) is 1.75. The summed E-state index contributed by atoms with van der Waals surface area (Å²) in [7, 11) is 0. The van der Waals surface area contributed by atoms with Gasteiger partial charge >= 0.3 is 5.69 Å². The van der Waals surface area contributed by atoms with Gasteiger partial charge in [-0.3, -0.25) is 15.8 Å². The zero-order chi connectivity index (χ0) is 21.6. The van der Waals surface area contributed by atoms with Gasteiger partial charge in [-0.1, -0.05) is 22.0 Å². The summed E-state index contributed by atoms with van der Waals surface area (Å²) < 4.78 is 8.29. The molecule has 0 amide bonds. The second-order valence-electron chi connectivity index (χ2n) is 6.55. The van der Waals surface area contributed by atoms with Crippen molar-refractivity contribution in [3.8, 4) is 23.4 Å². The molecule has 4 rings (SSSR count). The van der Waals surface area contributed by atoms with Gasteiger partial charge in [-0.05, 0) is 42.8 Å². The monoisotopic (exact) mass is 467 g/mol. The topological polar surface area (TPSA) is 140 Å². The van der Waals surface area contributed by atoms with Crippen LogP contribution in [0.1, 0.15) is 16.8 Å². The Balaban J connectivity index is 1.99. The van der Waals surface area contributed by atoms with E-state index >= 15 is 0 Å². The number of phenols is 1. The average molecular weight is 468 g/mol. The van der Waals surface area contributed by atoms with Crippen LogP contribution in [0.5, 0.6) is 11.6 Å². The van der Waals surface area contributed by atoms with Crippen LogP contribution in [0.15, 0.2) is 52.5 Å². The Labute approximate surface area is 178 Å². The molecule has 2 aromatic carbocycles. The van der Waals surface area contributed by atoms with Gasteiger partial charge in [0.05, 0.1) is 27.4 Å². The third-order valence-electron chi connectivity index (χ3n) is 4.71. The quantitative estimate of drug-likeness (QED) is 0.442. The van der Waals surface area contributed by atoms with Gasteiger partial charge in [-0.15, -0.1) is 0 Å². The van der Waals surface area contributed by atoms with Crippen molar-refractivity contribution in [3.05, 3.63) is 79.4 Å². The Hall–Kier alpha value is -3.68. The molecule has 3 N–H and O–H groups in total. The van der Waals surface area contributed by atoms with E-state index in [1.807, 2.05) is 30.3 Å². The highest BCUT2D eigenvalue weighted by Crippen LogP contribution is 2.43. The van der Waals surface area contributed by atoms with Crippen molar-refractivity contribution < 1.29 is 14.8 Å². The predicted molar refractivity (Wildman–Crippen MR) is 111 cm³/mol. The van der Waals surface area contributed by atoms with Crippen molar-refractivity contribution in [2.45, 2.75) is 13.2 Å². The van der Waals surface area contributed by atoms with E-state index in [4.69, 9.17) is 10.5 Å². The largest absolute Gasteiger partial charge is 0.502 e. The van der Waals surface area contributed by atoms with Gasteiger partial charge in [0, 0.05) is 16.1 Å². The Bertz CT molecular complexity index is 1260. The molecular formula is C20H14BrN5O4. The number of nitriles is 1. The Morgan fingerprint density at radius 3 is 2.67 bits per heavy atom. The minimum atomic E-state index is -1.09. The number of nitrogens with zero attached hydrogens (tertiary/aromatic N) is 4.